The van der Waals surface area contributed by atoms with Crippen LogP contribution in [0.3, 0.4) is 0 Å². The third-order valence-electron chi connectivity index (χ3n) is 1.69. The Morgan fingerprint density at radius 3 is 2.31 bits per heavy atom. The van der Waals surface area contributed by atoms with Gasteiger partial charge in [0, 0.05) is 5.69 Å². The van der Waals surface area contributed by atoms with E-state index in [4.69, 9.17) is 39.5 Å². The molecule has 0 atom stereocenters. The van der Waals surface area contributed by atoms with Gasteiger partial charge in [-0.15, -0.1) is 0 Å². The molecule has 0 saturated heterocycles. The summed E-state index contributed by atoms with van der Waals surface area (Å²) in [6.45, 7) is 0. The van der Waals surface area contributed by atoms with Gasteiger partial charge in [0.1, 0.15) is 18.0 Å². The molecule has 0 aliphatic rings. The second kappa shape index (κ2) is 5.27. The minimum Gasteiger partial charge on any atom is -0.384 e. The fourth-order valence-electron chi connectivity index (χ4n) is 0.937. The molecule has 0 heterocycles. The van der Waals surface area contributed by atoms with E-state index in [0.29, 0.717) is 15.7 Å². The van der Waals surface area contributed by atoms with Crippen molar-refractivity contribution in [2.75, 3.05) is 5.32 Å². The molecule has 0 saturated carbocycles. The van der Waals surface area contributed by atoms with Gasteiger partial charge >= 0.3 is 0 Å². The Labute approximate surface area is 102 Å². The number of nitrogens with zero attached hydrogens (tertiary/aromatic N) is 2. The molecule has 16 heavy (non-hydrogen) atoms. The number of nitrogens with two attached hydrogens (primary N) is 1. The molecular formula is C10H6Cl2N4. The molecule has 0 spiro atoms. The van der Waals surface area contributed by atoms with Crippen LogP contribution in [0.1, 0.15) is 0 Å². The summed E-state index contributed by atoms with van der Waals surface area (Å²) in [7, 11) is 0. The monoisotopic (exact) mass is 252 g/mol. The van der Waals surface area contributed by atoms with E-state index in [2.05, 4.69) is 5.32 Å². The van der Waals surface area contributed by atoms with Crippen LogP contribution in [0, 0.1) is 22.7 Å². The molecule has 6 heteroatoms. The number of nitrogens with one attached hydrogen (secondary N) is 1. The molecule has 0 unspecified atom stereocenters. The third-order valence-corrected chi connectivity index (χ3v) is 2.43. The van der Waals surface area contributed by atoms with Gasteiger partial charge in [0.2, 0.25) is 0 Å². The first kappa shape index (κ1) is 12.2. The maximum Gasteiger partial charge on any atom is 0.169 e. The molecule has 0 amide bonds. The predicted octanol–water partition coefficient (Wildman–Crippen LogP) is 2.62. The first-order chi connectivity index (χ1) is 7.58. The maximum absolute atomic E-state index is 8.58. The number of hydrogen-bond donors (Lipinski definition) is 2. The normalized spacial score (nSPS) is 8.75. The highest BCUT2D eigenvalue weighted by Crippen LogP contribution is 2.25. The van der Waals surface area contributed by atoms with Gasteiger partial charge in [-0.05, 0) is 18.2 Å². The maximum atomic E-state index is 8.58. The quantitative estimate of drug-likeness (QED) is 0.793. The summed E-state index contributed by atoms with van der Waals surface area (Å²) in [4.78, 5) is 0. The van der Waals surface area contributed by atoms with Crippen molar-refractivity contribution in [1.82, 2.24) is 0 Å². The number of halogens is 2. The summed E-state index contributed by atoms with van der Waals surface area (Å²) < 4.78 is 0. The lowest BCUT2D eigenvalue weighted by atomic mass is 10.3. The molecule has 1 rings (SSSR count). The Bertz CT molecular complexity index is 507. The molecule has 0 aliphatic carbocycles. The van der Waals surface area contributed by atoms with E-state index < -0.39 is 0 Å². The zero-order valence-electron chi connectivity index (χ0n) is 7.96. The van der Waals surface area contributed by atoms with Crippen LogP contribution >= 0.6 is 23.2 Å². The molecule has 1 aromatic rings. The number of anilines is 1. The highest BCUT2D eigenvalue weighted by molar-refractivity contribution is 6.42. The lowest BCUT2D eigenvalue weighted by Crippen LogP contribution is -2.11. The van der Waals surface area contributed by atoms with Gasteiger partial charge in [-0.2, -0.15) is 10.5 Å². The lowest BCUT2D eigenvalue weighted by molar-refractivity contribution is 1.27. The summed E-state index contributed by atoms with van der Waals surface area (Å²) in [5.41, 5.74) is 5.87. The van der Waals surface area contributed by atoms with Crippen LogP contribution in [0.4, 0.5) is 5.69 Å². The van der Waals surface area contributed by atoms with Crippen LogP contribution in [0.2, 0.25) is 10.0 Å². The lowest BCUT2D eigenvalue weighted by Gasteiger charge is -2.06. The van der Waals surface area contributed by atoms with Gasteiger partial charge in [-0.3, -0.25) is 0 Å². The molecule has 4 nitrogen and oxygen atoms in total. The average molecular weight is 253 g/mol. The van der Waals surface area contributed by atoms with Gasteiger partial charge in [-0.25, -0.2) is 0 Å². The summed E-state index contributed by atoms with van der Waals surface area (Å²) in [6, 6.07) is 8.10. The van der Waals surface area contributed by atoms with Crippen LogP contribution in [0.5, 0.6) is 0 Å². The largest absolute Gasteiger partial charge is 0.384 e. The van der Waals surface area contributed by atoms with E-state index in [-0.39, 0.29) is 11.4 Å². The Kier molecular flexibility index (Phi) is 4.02. The number of hydrogen-bond acceptors (Lipinski definition) is 4. The van der Waals surface area contributed by atoms with E-state index in [1.54, 1.807) is 30.3 Å². The Balaban J connectivity index is 2.99. The Hall–Kier alpha value is -1.88. The van der Waals surface area contributed by atoms with Crippen LogP contribution in [-0.2, 0) is 0 Å². The van der Waals surface area contributed by atoms with Crippen molar-refractivity contribution in [3.63, 3.8) is 0 Å². The smallest absolute Gasteiger partial charge is 0.169 e. The van der Waals surface area contributed by atoms with Crippen molar-refractivity contribution >= 4 is 28.9 Å². The minimum absolute atomic E-state index is 0.0246. The molecule has 0 fully saturated rings. The van der Waals surface area contributed by atoms with Gasteiger partial charge < -0.3 is 11.1 Å². The molecule has 0 bridgehead atoms. The van der Waals surface area contributed by atoms with Crippen molar-refractivity contribution in [2.45, 2.75) is 0 Å². The fourth-order valence-corrected chi connectivity index (χ4v) is 1.24. The van der Waals surface area contributed by atoms with Gasteiger partial charge in [-0.1, -0.05) is 23.2 Å². The predicted molar refractivity (Wildman–Crippen MR) is 62.5 cm³/mol. The molecule has 80 valence electrons. The molecule has 3 N–H and O–H groups in total. The summed E-state index contributed by atoms with van der Waals surface area (Å²) in [5, 5.41) is 20.6. The molecular weight excluding hydrogens is 247 g/mol. The topological polar surface area (TPSA) is 85.6 Å². The van der Waals surface area contributed by atoms with E-state index in [1.165, 1.54) is 0 Å². The molecule has 1 aromatic carbocycles. The SMILES string of the molecule is N#CC(C#N)=C(N)Nc1ccc(Cl)c(Cl)c1. The van der Waals surface area contributed by atoms with Gasteiger partial charge in [0.15, 0.2) is 5.57 Å². The van der Waals surface area contributed by atoms with Crippen molar-refractivity contribution in [2.24, 2.45) is 5.73 Å². The first-order valence-corrected chi connectivity index (χ1v) is 4.86. The van der Waals surface area contributed by atoms with Crippen molar-refractivity contribution in [1.29, 1.82) is 10.5 Å². The van der Waals surface area contributed by atoms with Crippen molar-refractivity contribution in [3.8, 4) is 12.1 Å². The molecule has 0 aromatic heterocycles. The Morgan fingerprint density at radius 1 is 1.19 bits per heavy atom. The zero-order valence-corrected chi connectivity index (χ0v) is 9.47. The summed E-state index contributed by atoms with van der Waals surface area (Å²) in [5.74, 6) is -0.0246. The van der Waals surface area contributed by atoms with Gasteiger partial charge in [0.25, 0.3) is 0 Å². The van der Waals surface area contributed by atoms with Crippen LogP contribution < -0.4 is 11.1 Å². The van der Waals surface area contributed by atoms with Crippen LogP contribution in [0.15, 0.2) is 29.6 Å². The second-order valence-corrected chi connectivity index (χ2v) is 3.58. The molecule has 0 radical (unpaired) electrons. The summed E-state index contributed by atoms with van der Waals surface area (Å²) in [6.07, 6.45) is 0. The first-order valence-electron chi connectivity index (χ1n) is 4.10. The number of benzene rings is 1. The third kappa shape index (κ3) is 2.80. The number of rotatable bonds is 2. The van der Waals surface area contributed by atoms with Crippen molar-refractivity contribution in [3.05, 3.63) is 39.6 Å². The zero-order chi connectivity index (χ0) is 12.1. The summed E-state index contributed by atoms with van der Waals surface area (Å²) >= 11 is 11.5. The van der Waals surface area contributed by atoms with E-state index in [0.717, 1.165) is 0 Å². The van der Waals surface area contributed by atoms with Gasteiger partial charge in [0.05, 0.1) is 10.0 Å². The Morgan fingerprint density at radius 2 is 1.81 bits per heavy atom. The molecule has 0 aliphatic heterocycles. The van der Waals surface area contributed by atoms with Crippen LogP contribution in [-0.4, -0.2) is 0 Å². The second-order valence-electron chi connectivity index (χ2n) is 2.77. The van der Waals surface area contributed by atoms with Crippen molar-refractivity contribution < 1.29 is 0 Å². The number of allylic oxidation sites excluding steroid dienone is 1. The van der Waals surface area contributed by atoms with Crippen LogP contribution in [0.25, 0.3) is 0 Å². The standard InChI is InChI=1S/C10H6Cl2N4/c11-8-2-1-7(3-9(8)12)16-10(15)6(4-13)5-14/h1-3,16H,15H2. The fraction of sp³-hybridized carbons (Fsp3) is 0. The number of nitriles is 2. The highest BCUT2D eigenvalue weighted by Gasteiger charge is 2.04. The average Bonchev–Trinajstić information content (AvgIpc) is 2.25. The highest BCUT2D eigenvalue weighted by atomic mass is 35.5. The van der Waals surface area contributed by atoms with E-state index >= 15 is 0 Å². The van der Waals surface area contributed by atoms with E-state index in [9.17, 15) is 0 Å². The van der Waals surface area contributed by atoms with E-state index in [1.807, 2.05) is 0 Å². The minimum atomic E-state index is -0.189.